The average molecular weight is 262 g/mol. The van der Waals surface area contributed by atoms with E-state index in [4.69, 9.17) is 0 Å². The molecule has 2 heterocycles. The number of aliphatic hydroxyl groups excluding tert-OH is 1. The third-order valence-electron chi connectivity index (χ3n) is 2.94. The largest absolute Gasteiger partial charge is 0.390 e. The fourth-order valence-electron chi connectivity index (χ4n) is 1.95. The summed E-state index contributed by atoms with van der Waals surface area (Å²) < 4.78 is 0. The van der Waals surface area contributed by atoms with E-state index >= 15 is 0 Å². The molecule has 94 valence electrons. The topological polar surface area (TPSA) is 70.1 Å². The predicted molar refractivity (Wildman–Crippen MR) is 71.6 cm³/mol. The first-order valence-corrected chi connectivity index (χ1v) is 6.69. The zero-order valence-corrected chi connectivity index (χ0v) is 10.5. The highest BCUT2D eigenvalue weighted by molar-refractivity contribution is 7.18. The highest BCUT2D eigenvalue weighted by Gasteiger charge is 2.25. The van der Waals surface area contributed by atoms with E-state index in [1.807, 2.05) is 30.3 Å². The van der Waals surface area contributed by atoms with Crippen LogP contribution in [0.25, 0.3) is 10.6 Å². The molecule has 0 aliphatic carbocycles. The number of rotatable bonds is 3. The normalized spacial score (nSPS) is 23.2. The molecule has 1 aromatic heterocycles. The van der Waals surface area contributed by atoms with Gasteiger partial charge in [-0.1, -0.05) is 41.7 Å². The van der Waals surface area contributed by atoms with Crippen LogP contribution in [0.4, 0.5) is 5.13 Å². The second-order valence-corrected chi connectivity index (χ2v) is 5.23. The quantitative estimate of drug-likeness (QED) is 0.768. The van der Waals surface area contributed by atoms with Crippen molar-refractivity contribution in [2.24, 2.45) is 0 Å². The molecule has 1 aliphatic rings. The Labute approximate surface area is 109 Å². The summed E-state index contributed by atoms with van der Waals surface area (Å²) in [7, 11) is 0. The van der Waals surface area contributed by atoms with Gasteiger partial charge in [0.1, 0.15) is 5.01 Å². The van der Waals surface area contributed by atoms with Crippen LogP contribution < -0.4 is 10.6 Å². The summed E-state index contributed by atoms with van der Waals surface area (Å²) in [5, 5.41) is 25.9. The number of aliphatic hydroxyl groups is 1. The van der Waals surface area contributed by atoms with Gasteiger partial charge in [-0.15, -0.1) is 10.2 Å². The first-order valence-electron chi connectivity index (χ1n) is 5.87. The Morgan fingerprint density at radius 3 is 2.78 bits per heavy atom. The molecular formula is C12H14N4OS. The van der Waals surface area contributed by atoms with Crippen molar-refractivity contribution in [1.82, 2.24) is 15.5 Å². The van der Waals surface area contributed by atoms with Crippen molar-refractivity contribution in [3.8, 4) is 10.6 Å². The van der Waals surface area contributed by atoms with Crippen molar-refractivity contribution >= 4 is 16.5 Å². The van der Waals surface area contributed by atoms with Crippen LogP contribution in [-0.4, -0.2) is 40.5 Å². The molecule has 1 aliphatic heterocycles. The molecule has 0 amide bonds. The summed E-state index contributed by atoms with van der Waals surface area (Å²) in [6.45, 7) is 1.38. The van der Waals surface area contributed by atoms with E-state index in [9.17, 15) is 5.11 Å². The van der Waals surface area contributed by atoms with Crippen molar-refractivity contribution < 1.29 is 5.11 Å². The van der Waals surface area contributed by atoms with Crippen LogP contribution in [0.15, 0.2) is 30.3 Å². The average Bonchev–Trinajstić information content (AvgIpc) is 3.02. The van der Waals surface area contributed by atoms with Crippen LogP contribution in [0, 0.1) is 0 Å². The number of β-amino-alcohol motifs (C(OH)–C–C–N with tert-alkyl or cyclic N) is 1. The Kier molecular flexibility index (Phi) is 3.22. The highest BCUT2D eigenvalue weighted by atomic mass is 32.1. The molecule has 2 aromatic rings. The SMILES string of the molecule is O[C@@H]1CNC[C@H]1Nc1nnc(-c2ccccc2)s1. The summed E-state index contributed by atoms with van der Waals surface area (Å²) in [6.07, 6.45) is -0.367. The fourth-order valence-corrected chi connectivity index (χ4v) is 2.76. The highest BCUT2D eigenvalue weighted by Crippen LogP contribution is 2.26. The van der Waals surface area contributed by atoms with Gasteiger partial charge in [-0.25, -0.2) is 0 Å². The maximum Gasteiger partial charge on any atom is 0.206 e. The molecule has 0 saturated carbocycles. The molecule has 0 radical (unpaired) electrons. The van der Waals surface area contributed by atoms with Gasteiger partial charge in [-0.2, -0.15) is 0 Å². The van der Waals surface area contributed by atoms with E-state index in [-0.39, 0.29) is 12.1 Å². The monoisotopic (exact) mass is 262 g/mol. The molecule has 6 heteroatoms. The van der Waals surface area contributed by atoms with Crippen LogP contribution in [0.2, 0.25) is 0 Å². The van der Waals surface area contributed by atoms with Gasteiger partial charge < -0.3 is 15.7 Å². The lowest BCUT2D eigenvalue weighted by Crippen LogP contribution is -2.31. The number of hydrogen-bond donors (Lipinski definition) is 3. The number of aromatic nitrogens is 2. The predicted octanol–water partition coefficient (Wildman–Crippen LogP) is 0.950. The number of hydrogen-bond acceptors (Lipinski definition) is 6. The summed E-state index contributed by atoms with van der Waals surface area (Å²) >= 11 is 1.50. The summed E-state index contributed by atoms with van der Waals surface area (Å²) in [5.74, 6) is 0. The lowest BCUT2D eigenvalue weighted by Gasteiger charge is -2.13. The van der Waals surface area contributed by atoms with Gasteiger partial charge in [-0.05, 0) is 0 Å². The van der Waals surface area contributed by atoms with Gasteiger partial charge in [0, 0.05) is 18.7 Å². The molecule has 1 fully saturated rings. The number of anilines is 1. The molecular weight excluding hydrogens is 248 g/mol. The Bertz CT molecular complexity index is 516. The molecule has 1 saturated heterocycles. The van der Waals surface area contributed by atoms with Crippen LogP contribution in [0.1, 0.15) is 0 Å². The second kappa shape index (κ2) is 5.01. The zero-order valence-electron chi connectivity index (χ0n) is 9.71. The van der Waals surface area contributed by atoms with Crippen LogP contribution in [-0.2, 0) is 0 Å². The van der Waals surface area contributed by atoms with Crippen LogP contribution >= 0.6 is 11.3 Å². The van der Waals surface area contributed by atoms with E-state index in [0.717, 1.165) is 22.2 Å². The van der Waals surface area contributed by atoms with Gasteiger partial charge in [0.2, 0.25) is 5.13 Å². The summed E-state index contributed by atoms with van der Waals surface area (Å²) in [5.41, 5.74) is 1.06. The third kappa shape index (κ3) is 2.35. The van der Waals surface area contributed by atoms with Gasteiger partial charge in [0.05, 0.1) is 12.1 Å². The van der Waals surface area contributed by atoms with Gasteiger partial charge in [0.25, 0.3) is 0 Å². The number of nitrogens with zero attached hydrogens (tertiary/aromatic N) is 2. The molecule has 18 heavy (non-hydrogen) atoms. The number of benzene rings is 1. The Hall–Kier alpha value is -1.50. The first kappa shape index (κ1) is 11.6. The van der Waals surface area contributed by atoms with E-state index in [0.29, 0.717) is 6.54 Å². The van der Waals surface area contributed by atoms with Crippen molar-refractivity contribution in [3.63, 3.8) is 0 Å². The standard InChI is InChI=1S/C12H14N4OS/c17-10-7-13-6-9(10)14-12-16-15-11(18-12)8-4-2-1-3-5-8/h1-5,9-10,13,17H,6-7H2,(H,14,16)/t9-,10-/m1/s1. The Morgan fingerprint density at radius 2 is 2.06 bits per heavy atom. The zero-order chi connectivity index (χ0) is 12.4. The van der Waals surface area contributed by atoms with E-state index in [2.05, 4.69) is 20.8 Å². The minimum absolute atomic E-state index is 0.0153. The molecule has 0 unspecified atom stereocenters. The maximum absolute atomic E-state index is 9.71. The number of nitrogens with one attached hydrogen (secondary N) is 2. The second-order valence-electron chi connectivity index (χ2n) is 4.25. The fraction of sp³-hybridized carbons (Fsp3) is 0.333. The van der Waals surface area contributed by atoms with Crippen molar-refractivity contribution in [2.75, 3.05) is 18.4 Å². The minimum atomic E-state index is -0.367. The van der Waals surface area contributed by atoms with Gasteiger partial charge in [-0.3, -0.25) is 0 Å². The van der Waals surface area contributed by atoms with Crippen LogP contribution in [0.3, 0.4) is 0 Å². The lowest BCUT2D eigenvalue weighted by molar-refractivity contribution is 0.185. The van der Waals surface area contributed by atoms with Crippen molar-refractivity contribution in [2.45, 2.75) is 12.1 Å². The Balaban J connectivity index is 1.74. The van der Waals surface area contributed by atoms with Crippen molar-refractivity contribution in [3.05, 3.63) is 30.3 Å². The molecule has 3 rings (SSSR count). The summed E-state index contributed by atoms with van der Waals surface area (Å²) in [6, 6.07) is 9.97. The minimum Gasteiger partial charge on any atom is -0.390 e. The molecule has 2 atom stereocenters. The third-order valence-corrected chi connectivity index (χ3v) is 3.84. The Morgan fingerprint density at radius 1 is 1.22 bits per heavy atom. The van der Waals surface area contributed by atoms with Crippen LogP contribution in [0.5, 0.6) is 0 Å². The van der Waals surface area contributed by atoms with E-state index in [1.165, 1.54) is 11.3 Å². The first-order chi connectivity index (χ1) is 8.83. The lowest BCUT2D eigenvalue weighted by atomic mass is 10.2. The van der Waals surface area contributed by atoms with Gasteiger partial charge in [0.15, 0.2) is 0 Å². The van der Waals surface area contributed by atoms with Gasteiger partial charge >= 0.3 is 0 Å². The molecule has 0 spiro atoms. The van der Waals surface area contributed by atoms with E-state index < -0.39 is 0 Å². The van der Waals surface area contributed by atoms with E-state index in [1.54, 1.807) is 0 Å². The molecule has 3 N–H and O–H groups in total. The maximum atomic E-state index is 9.71. The smallest absolute Gasteiger partial charge is 0.206 e. The van der Waals surface area contributed by atoms with Crippen molar-refractivity contribution in [1.29, 1.82) is 0 Å². The summed E-state index contributed by atoms with van der Waals surface area (Å²) in [4.78, 5) is 0. The molecule has 5 nitrogen and oxygen atoms in total. The molecule has 1 aromatic carbocycles. The molecule has 0 bridgehead atoms.